The monoisotopic (exact) mass is 365 g/mol. The summed E-state index contributed by atoms with van der Waals surface area (Å²) in [6.45, 7) is 5.14. The van der Waals surface area contributed by atoms with Crippen LogP contribution in [0.5, 0.6) is 5.75 Å². The highest BCUT2D eigenvalue weighted by molar-refractivity contribution is 5.74. The van der Waals surface area contributed by atoms with Gasteiger partial charge in [0, 0.05) is 31.0 Å². The minimum atomic E-state index is -0.304. The van der Waals surface area contributed by atoms with Gasteiger partial charge in [0.15, 0.2) is 5.65 Å². The molecule has 0 saturated heterocycles. The Labute approximate surface area is 156 Å². The van der Waals surface area contributed by atoms with Crippen LogP contribution >= 0.6 is 0 Å². The van der Waals surface area contributed by atoms with Gasteiger partial charge in [-0.15, -0.1) is 0 Å². The molecular formula is C20H20FN5O. The second kappa shape index (κ2) is 5.70. The Hall–Kier alpha value is -3.09. The summed E-state index contributed by atoms with van der Waals surface area (Å²) in [6, 6.07) is 6.69. The maximum absolute atomic E-state index is 14.1. The molecule has 0 radical (unpaired) electrons. The van der Waals surface area contributed by atoms with E-state index in [2.05, 4.69) is 21.9 Å². The van der Waals surface area contributed by atoms with E-state index in [0.29, 0.717) is 13.2 Å². The molecule has 1 N–H and O–H groups in total. The van der Waals surface area contributed by atoms with Crippen molar-refractivity contribution < 1.29 is 9.13 Å². The minimum Gasteiger partial charge on any atom is -0.491 e. The lowest BCUT2D eigenvalue weighted by atomic mass is 10.0. The largest absolute Gasteiger partial charge is 0.491 e. The van der Waals surface area contributed by atoms with Crippen LogP contribution in [0.4, 0.5) is 10.2 Å². The number of nitrogens with zero attached hydrogens (tertiary/aromatic N) is 4. The maximum Gasteiger partial charge on any atom is 0.166 e. The molecule has 0 atom stereocenters. The Morgan fingerprint density at radius 2 is 2.15 bits per heavy atom. The SMILES string of the molecule is C=C1NCCOc2ccc(F)cc2C2(CC2)N(C)c2ccn3ncc1c3n2. The Morgan fingerprint density at radius 1 is 1.30 bits per heavy atom. The fourth-order valence-corrected chi connectivity index (χ4v) is 3.83. The summed E-state index contributed by atoms with van der Waals surface area (Å²) >= 11 is 0. The van der Waals surface area contributed by atoms with Crippen molar-refractivity contribution in [3.05, 3.63) is 60.2 Å². The number of hydrogen-bond donors (Lipinski definition) is 1. The average Bonchev–Trinajstić information content (AvgIpc) is 3.37. The molecule has 2 aliphatic rings. The molecule has 1 aliphatic heterocycles. The number of aromatic nitrogens is 3. The zero-order chi connectivity index (χ0) is 18.6. The van der Waals surface area contributed by atoms with Crippen LogP contribution in [0.1, 0.15) is 24.0 Å². The second-order valence-electron chi connectivity index (χ2n) is 7.10. The normalized spacial score (nSPS) is 18.3. The molecule has 2 aromatic heterocycles. The quantitative estimate of drug-likeness (QED) is 0.664. The molecule has 5 rings (SSSR count). The van der Waals surface area contributed by atoms with Crippen molar-refractivity contribution in [3.8, 4) is 5.75 Å². The third-order valence-electron chi connectivity index (χ3n) is 5.53. The molecule has 2 bridgehead atoms. The van der Waals surface area contributed by atoms with Gasteiger partial charge >= 0.3 is 0 Å². The highest BCUT2D eigenvalue weighted by Crippen LogP contribution is 2.54. The summed E-state index contributed by atoms with van der Waals surface area (Å²) in [4.78, 5) is 6.96. The summed E-state index contributed by atoms with van der Waals surface area (Å²) in [5.74, 6) is 1.27. The van der Waals surface area contributed by atoms with Crippen LogP contribution in [-0.4, -0.2) is 34.8 Å². The number of halogens is 1. The van der Waals surface area contributed by atoms with Crippen molar-refractivity contribution >= 4 is 17.2 Å². The number of ether oxygens (including phenoxy) is 1. The number of hydrogen-bond acceptors (Lipinski definition) is 5. The first-order valence-corrected chi connectivity index (χ1v) is 9.03. The van der Waals surface area contributed by atoms with Crippen LogP contribution in [0.2, 0.25) is 0 Å². The zero-order valence-electron chi connectivity index (χ0n) is 15.1. The Balaban J connectivity index is 1.69. The van der Waals surface area contributed by atoms with Crippen molar-refractivity contribution in [1.29, 1.82) is 0 Å². The molecular weight excluding hydrogens is 345 g/mol. The van der Waals surface area contributed by atoms with Gasteiger partial charge in [-0.1, -0.05) is 6.58 Å². The first-order valence-electron chi connectivity index (χ1n) is 9.03. The molecule has 1 aromatic carbocycles. The van der Waals surface area contributed by atoms with E-state index >= 15 is 0 Å². The number of benzene rings is 1. The number of anilines is 1. The molecule has 1 saturated carbocycles. The van der Waals surface area contributed by atoms with E-state index in [4.69, 9.17) is 9.72 Å². The van der Waals surface area contributed by atoms with Gasteiger partial charge in [-0.25, -0.2) is 13.9 Å². The maximum atomic E-state index is 14.1. The summed E-state index contributed by atoms with van der Waals surface area (Å²) in [6.07, 6.45) is 5.50. The van der Waals surface area contributed by atoms with Crippen LogP contribution in [-0.2, 0) is 5.54 Å². The molecule has 138 valence electrons. The van der Waals surface area contributed by atoms with Gasteiger partial charge in [0.2, 0.25) is 0 Å². The van der Waals surface area contributed by atoms with E-state index in [-0.39, 0.29) is 11.4 Å². The highest BCUT2D eigenvalue weighted by Gasteiger charge is 2.50. The smallest absolute Gasteiger partial charge is 0.166 e. The van der Waals surface area contributed by atoms with Crippen molar-refractivity contribution in [2.45, 2.75) is 18.4 Å². The van der Waals surface area contributed by atoms with E-state index in [9.17, 15) is 4.39 Å². The fourth-order valence-electron chi connectivity index (χ4n) is 3.83. The van der Waals surface area contributed by atoms with Crippen molar-refractivity contribution in [2.24, 2.45) is 0 Å². The highest BCUT2D eigenvalue weighted by atomic mass is 19.1. The molecule has 0 unspecified atom stereocenters. The number of nitrogens with one attached hydrogen (secondary N) is 1. The summed E-state index contributed by atoms with van der Waals surface area (Å²) in [5, 5.41) is 7.63. The standard InChI is InChI=1S/C20H20FN5O/c1-13-15-12-23-26-9-5-18(24-19(15)26)25(2)20(6-7-20)16-11-14(21)3-4-17(16)27-10-8-22-13/h3-5,9,11-12,22H,1,6-8,10H2,2H3. The molecule has 1 aliphatic carbocycles. The van der Waals surface area contributed by atoms with Crippen molar-refractivity contribution in [1.82, 2.24) is 19.9 Å². The fraction of sp³-hybridized carbons (Fsp3) is 0.300. The van der Waals surface area contributed by atoms with E-state index < -0.39 is 0 Å². The van der Waals surface area contributed by atoms with Gasteiger partial charge in [-0.2, -0.15) is 5.10 Å². The number of rotatable bonds is 0. The van der Waals surface area contributed by atoms with Crippen molar-refractivity contribution in [3.63, 3.8) is 0 Å². The number of fused-ring (bicyclic) bond motifs is 3. The lowest BCUT2D eigenvalue weighted by molar-refractivity contribution is 0.314. The average molecular weight is 365 g/mol. The van der Waals surface area contributed by atoms with Gasteiger partial charge in [-0.3, -0.25) is 0 Å². The topological polar surface area (TPSA) is 54.7 Å². The Morgan fingerprint density at radius 3 is 2.96 bits per heavy atom. The van der Waals surface area contributed by atoms with Crippen LogP contribution < -0.4 is 15.0 Å². The van der Waals surface area contributed by atoms with Gasteiger partial charge in [0.1, 0.15) is 24.0 Å². The van der Waals surface area contributed by atoms with Crippen LogP contribution in [0, 0.1) is 5.82 Å². The lowest BCUT2D eigenvalue weighted by Crippen LogP contribution is -2.33. The predicted octanol–water partition coefficient (Wildman–Crippen LogP) is 2.95. The van der Waals surface area contributed by atoms with Gasteiger partial charge in [-0.05, 0) is 37.1 Å². The lowest BCUT2D eigenvalue weighted by Gasteiger charge is -2.31. The summed E-state index contributed by atoms with van der Waals surface area (Å²) in [7, 11) is 2.00. The van der Waals surface area contributed by atoms with Crippen molar-refractivity contribution in [2.75, 3.05) is 25.1 Å². The molecule has 27 heavy (non-hydrogen) atoms. The zero-order valence-corrected chi connectivity index (χ0v) is 15.1. The van der Waals surface area contributed by atoms with Crippen LogP contribution in [0.25, 0.3) is 11.3 Å². The molecule has 3 heterocycles. The van der Waals surface area contributed by atoms with E-state index in [0.717, 1.165) is 46.9 Å². The third kappa shape index (κ3) is 2.45. The van der Waals surface area contributed by atoms with Gasteiger partial charge in [0.05, 0.1) is 17.3 Å². The third-order valence-corrected chi connectivity index (χ3v) is 5.53. The molecule has 1 spiro atoms. The Bertz CT molecular complexity index is 1060. The van der Waals surface area contributed by atoms with E-state index in [1.807, 2.05) is 19.3 Å². The van der Waals surface area contributed by atoms with Gasteiger partial charge < -0.3 is 15.0 Å². The first kappa shape index (κ1) is 16.1. The Kier molecular flexibility index (Phi) is 3.40. The first-order chi connectivity index (χ1) is 13.1. The van der Waals surface area contributed by atoms with E-state index in [1.165, 1.54) is 6.07 Å². The molecule has 0 amide bonds. The van der Waals surface area contributed by atoms with E-state index in [1.54, 1.807) is 22.8 Å². The summed E-state index contributed by atoms with van der Waals surface area (Å²) < 4.78 is 21.8. The molecule has 3 aromatic rings. The predicted molar refractivity (Wildman–Crippen MR) is 101 cm³/mol. The molecule has 6 nitrogen and oxygen atoms in total. The minimum absolute atomic E-state index is 0.255. The second-order valence-corrected chi connectivity index (χ2v) is 7.10. The van der Waals surface area contributed by atoms with Crippen LogP contribution in [0.3, 0.4) is 0 Å². The molecule has 7 heteroatoms. The van der Waals surface area contributed by atoms with Gasteiger partial charge in [0.25, 0.3) is 0 Å². The summed E-state index contributed by atoms with van der Waals surface area (Å²) in [5.41, 5.74) is 2.92. The van der Waals surface area contributed by atoms with Crippen LogP contribution in [0.15, 0.2) is 43.2 Å². The molecule has 1 fully saturated rings.